The van der Waals surface area contributed by atoms with Crippen molar-refractivity contribution in [2.75, 3.05) is 31.5 Å². The summed E-state index contributed by atoms with van der Waals surface area (Å²) in [6, 6.07) is 11.5. The van der Waals surface area contributed by atoms with Crippen molar-refractivity contribution in [3.8, 4) is 0 Å². The number of amides is 2. The van der Waals surface area contributed by atoms with Gasteiger partial charge in [0.2, 0.25) is 0 Å². The molecule has 1 saturated heterocycles. The van der Waals surface area contributed by atoms with E-state index >= 15 is 0 Å². The lowest BCUT2D eigenvalue weighted by Crippen LogP contribution is -2.34. The molecule has 0 aromatic heterocycles. The molecule has 0 aliphatic carbocycles. The third-order valence-electron chi connectivity index (χ3n) is 4.14. The van der Waals surface area contributed by atoms with Gasteiger partial charge in [-0.25, -0.2) is 0 Å². The highest BCUT2D eigenvalue weighted by Crippen LogP contribution is 2.20. The highest BCUT2D eigenvalue weighted by Gasteiger charge is 2.17. The number of halogens is 2. The summed E-state index contributed by atoms with van der Waals surface area (Å²) in [6.45, 7) is 3.19. The summed E-state index contributed by atoms with van der Waals surface area (Å²) in [5.74, 6) is -0.305. The van der Waals surface area contributed by atoms with Crippen LogP contribution in [0.4, 0.5) is 5.69 Å². The fourth-order valence-corrected chi connectivity index (χ4v) is 3.34. The van der Waals surface area contributed by atoms with Crippen LogP contribution >= 0.6 is 23.2 Å². The van der Waals surface area contributed by atoms with E-state index in [9.17, 15) is 9.59 Å². The quantitative estimate of drug-likeness (QED) is 0.838. The van der Waals surface area contributed by atoms with Gasteiger partial charge in [0.05, 0.1) is 0 Å². The van der Waals surface area contributed by atoms with Gasteiger partial charge in [-0.15, -0.1) is 0 Å². The fourth-order valence-electron chi connectivity index (χ4n) is 2.82. The smallest absolute Gasteiger partial charge is 0.255 e. The average molecular weight is 392 g/mol. The Balaban J connectivity index is 1.67. The predicted molar refractivity (Wildman–Crippen MR) is 104 cm³/mol. The molecule has 1 heterocycles. The van der Waals surface area contributed by atoms with E-state index in [1.165, 1.54) is 0 Å². The van der Waals surface area contributed by atoms with Crippen LogP contribution in [0, 0.1) is 0 Å². The van der Waals surface area contributed by atoms with Gasteiger partial charge in [0.1, 0.15) is 0 Å². The summed E-state index contributed by atoms with van der Waals surface area (Å²) in [7, 11) is 0. The molecule has 0 saturated carbocycles. The molecule has 0 atom stereocenters. The standard InChI is InChI=1S/C19H19Cl2N3O2/c20-15-10-14(11-16(21)12-15)18(25)23-17-4-2-13(3-5-17)19(26)24-8-1-6-22-7-9-24/h2-5,10-12,22H,1,6-9H2,(H,23,25). The van der Waals surface area contributed by atoms with Gasteiger partial charge in [0, 0.05) is 46.5 Å². The monoisotopic (exact) mass is 391 g/mol. The maximum Gasteiger partial charge on any atom is 0.255 e. The number of anilines is 1. The average Bonchev–Trinajstić information content (AvgIpc) is 2.90. The van der Waals surface area contributed by atoms with Gasteiger partial charge >= 0.3 is 0 Å². The summed E-state index contributed by atoms with van der Waals surface area (Å²) in [5, 5.41) is 6.85. The van der Waals surface area contributed by atoms with E-state index in [2.05, 4.69) is 10.6 Å². The Morgan fingerprint density at radius 1 is 0.923 bits per heavy atom. The summed E-state index contributed by atoms with van der Waals surface area (Å²) < 4.78 is 0. The number of nitrogens with one attached hydrogen (secondary N) is 2. The predicted octanol–water partition coefficient (Wildman–Crippen LogP) is 3.68. The first-order valence-corrected chi connectivity index (χ1v) is 9.16. The fraction of sp³-hybridized carbons (Fsp3) is 0.263. The van der Waals surface area contributed by atoms with Crippen molar-refractivity contribution >= 4 is 40.7 Å². The van der Waals surface area contributed by atoms with Crippen molar-refractivity contribution in [3.05, 3.63) is 63.6 Å². The first kappa shape index (κ1) is 18.7. The van der Waals surface area contributed by atoms with Gasteiger partial charge in [-0.1, -0.05) is 23.2 Å². The highest BCUT2D eigenvalue weighted by atomic mass is 35.5. The first-order valence-electron chi connectivity index (χ1n) is 8.40. The largest absolute Gasteiger partial charge is 0.337 e. The van der Waals surface area contributed by atoms with Gasteiger partial charge in [-0.05, 0) is 55.4 Å². The Morgan fingerprint density at radius 3 is 2.31 bits per heavy atom. The molecule has 26 heavy (non-hydrogen) atoms. The summed E-state index contributed by atoms with van der Waals surface area (Å²) in [4.78, 5) is 26.7. The molecule has 1 fully saturated rings. The van der Waals surface area contributed by atoms with Crippen LogP contribution in [0.25, 0.3) is 0 Å². The molecule has 3 rings (SSSR count). The molecule has 7 heteroatoms. The number of hydrogen-bond acceptors (Lipinski definition) is 3. The zero-order valence-electron chi connectivity index (χ0n) is 14.1. The van der Waals surface area contributed by atoms with E-state index in [0.29, 0.717) is 33.4 Å². The van der Waals surface area contributed by atoms with Crippen molar-refractivity contribution in [2.45, 2.75) is 6.42 Å². The van der Waals surface area contributed by atoms with Crippen LogP contribution in [0.15, 0.2) is 42.5 Å². The van der Waals surface area contributed by atoms with E-state index in [0.717, 1.165) is 26.1 Å². The van der Waals surface area contributed by atoms with Gasteiger partial charge in [0.25, 0.3) is 11.8 Å². The van der Waals surface area contributed by atoms with Crippen molar-refractivity contribution in [1.82, 2.24) is 10.2 Å². The molecule has 1 aliphatic rings. The maximum atomic E-state index is 12.6. The third kappa shape index (κ3) is 4.75. The second-order valence-electron chi connectivity index (χ2n) is 6.09. The Morgan fingerprint density at radius 2 is 1.62 bits per heavy atom. The molecule has 0 radical (unpaired) electrons. The van der Waals surface area contributed by atoms with Crippen LogP contribution in [0.3, 0.4) is 0 Å². The van der Waals surface area contributed by atoms with Crippen LogP contribution in [0.1, 0.15) is 27.1 Å². The van der Waals surface area contributed by atoms with Crippen LogP contribution in [0.2, 0.25) is 10.0 Å². The molecular weight excluding hydrogens is 373 g/mol. The van der Waals surface area contributed by atoms with Crippen molar-refractivity contribution < 1.29 is 9.59 Å². The van der Waals surface area contributed by atoms with E-state index in [1.54, 1.807) is 42.5 Å². The number of benzene rings is 2. The number of carbonyl (C=O) groups excluding carboxylic acids is 2. The van der Waals surface area contributed by atoms with Gasteiger partial charge in [-0.2, -0.15) is 0 Å². The van der Waals surface area contributed by atoms with Crippen LogP contribution in [-0.2, 0) is 0 Å². The first-order chi connectivity index (χ1) is 12.5. The van der Waals surface area contributed by atoms with E-state index in [1.807, 2.05) is 4.90 Å². The molecule has 0 bridgehead atoms. The molecule has 2 aromatic carbocycles. The van der Waals surface area contributed by atoms with E-state index < -0.39 is 0 Å². The molecule has 5 nitrogen and oxygen atoms in total. The van der Waals surface area contributed by atoms with Crippen molar-refractivity contribution in [2.24, 2.45) is 0 Å². The zero-order chi connectivity index (χ0) is 18.5. The minimum Gasteiger partial charge on any atom is -0.337 e. The summed E-state index contributed by atoms with van der Waals surface area (Å²) >= 11 is 11.9. The molecule has 0 unspecified atom stereocenters. The van der Waals surface area contributed by atoms with E-state index in [-0.39, 0.29) is 11.8 Å². The second kappa shape index (κ2) is 8.54. The van der Waals surface area contributed by atoms with Gasteiger partial charge in [-0.3, -0.25) is 9.59 Å². The third-order valence-corrected chi connectivity index (χ3v) is 4.58. The molecular formula is C19H19Cl2N3O2. The summed E-state index contributed by atoms with van der Waals surface area (Å²) in [6.07, 6.45) is 0.947. The number of carbonyl (C=O) groups is 2. The summed E-state index contributed by atoms with van der Waals surface area (Å²) in [5.41, 5.74) is 1.58. The van der Waals surface area contributed by atoms with Crippen LogP contribution in [0.5, 0.6) is 0 Å². The molecule has 136 valence electrons. The molecule has 2 aromatic rings. The number of rotatable bonds is 3. The van der Waals surface area contributed by atoms with Crippen LogP contribution < -0.4 is 10.6 Å². The lowest BCUT2D eigenvalue weighted by atomic mass is 10.1. The van der Waals surface area contributed by atoms with Crippen LogP contribution in [-0.4, -0.2) is 42.9 Å². The lowest BCUT2D eigenvalue weighted by molar-refractivity contribution is 0.0766. The lowest BCUT2D eigenvalue weighted by Gasteiger charge is -2.20. The van der Waals surface area contributed by atoms with Gasteiger partial charge < -0.3 is 15.5 Å². The number of hydrogen-bond donors (Lipinski definition) is 2. The Labute approximate surface area is 162 Å². The Hall–Kier alpha value is -2.08. The van der Waals surface area contributed by atoms with Gasteiger partial charge in [0.15, 0.2) is 0 Å². The van der Waals surface area contributed by atoms with Crippen molar-refractivity contribution in [3.63, 3.8) is 0 Å². The molecule has 2 N–H and O–H groups in total. The van der Waals surface area contributed by atoms with E-state index in [4.69, 9.17) is 23.2 Å². The Kier molecular flexibility index (Phi) is 6.14. The minimum atomic E-state index is -0.313. The van der Waals surface area contributed by atoms with Crippen molar-refractivity contribution in [1.29, 1.82) is 0 Å². The minimum absolute atomic E-state index is 0.00759. The molecule has 2 amide bonds. The second-order valence-corrected chi connectivity index (χ2v) is 6.96. The Bertz CT molecular complexity index is 781. The zero-order valence-corrected chi connectivity index (χ0v) is 15.6. The molecule has 0 spiro atoms. The number of nitrogens with zero attached hydrogens (tertiary/aromatic N) is 1. The highest BCUT2D eigenvalue weighted by molar-refractivity contribution is 6.35. The maximum absolute atomic E-state index is 12.6. The SMILES string of the molecule is O=C(Nc1ccc(C(=O)N2CCCNCC2)cc1)c1cc(Cl)cc(Cl)c1. The molecule has 1 aliphatic heterocycles. The topological polar surface area (TPSA) is 61.4 Å². The normalized spacial score (nSPS) is 14.6.